The van der Waals surface area contributed by atoms with Gasteiger partial charge in [-0.3, -0.25) is 0 Å². The van der Waals surface area contributed by atoms with Gasteiger partial charge in [0.15, 0.2) is 0 Å². The summed E-state index contributed by atoms with van der Waals surface area (Å²) in [5, 5.41) is 3.46. The number of hydrogen-bond donors (Lipinski definition) is 1. The van der Waals surface area contributed by atoms with E-state index in [0.29, 0.717) is 6.04 Å². The summed E-state index contributed by atoms with van der Waals surface area (Å²) in [6.07, 6.45) is 2.50. The molecular formula is C14H22BrNS. The van der Waals surface area contributed by atoms with Crippen molar-refractivity contribution < 1.29 is 0 Å². The number of rotatable bonds is 7. The Kier molecular flexibility index (Phi) is 7.24. The zero-order chi connectivity index (χ0) is 12.7. The lowest BCUT2D eigenvalue weighted by molar-refractivity contribution is 0.378. The Morgan fingerprint density at radius 2 is 2.00 bits per heavy atom. The number of thioether (sulfide) groups is 1. The van der Waals surface area contributed by atoms with Crippen LogP contribution in [0.5, 0.6) is 0 Å². The van der Waals surface area contributed by atoms with Crippen LogP contribution in [0.15, 0.2) is 33.6 Å². The molecule has 0 fully saturated rings. The average molecular weight is 316 g/mol. The summed E-state index contributed by atoms with van der Waals surface area (Å²) in [5.41, 5.74) is 0. The van der Waals surface area contributed by atoms with Gasteiger partial charge in [0, 0.05) is 21.2 Å². The van der Waals surface area contributed by atoms with Gasteiger partial charge in [0.1, 0.15) is 0 Å². The van der Waals surface area contributed by atoms with E-state index in [9.17, 15) is 0 Å². The van der Waals surface area contributed by atoms with Gasteiger partial charge in [-0.15, -0.1) is 11.8 Å². The second-order valence-electron chi connectivity index (χ2n) is 4.24. The third-order valence-electron chi connectivity index (χ3n) is 3.21. The van der Waals surface area contributed by atoms with Gasteiger partial charge >= 0.3 is 0 Å². The number of hydrogen-bond acceptors (Lipinski definition) is 2. The number of nitrogens with one attached hydrogen (secondary N) is 1. The Labute approximate surface area is 118 Å². The van der Waals surface area contributed by atoms with Gasteiger partial charge in [0.25, 0.3) is 0 Å². The molecule has 1 nitrogen and oxygen atoms in total. The first kappa shape index (κ1) is 15.1. The minimum absolute atomic E-state index is 0.606. The fourth-order valence-corrected chi connectivity index (χ4v) is 3.80. The fourth-order valence-electron chi connectivity index (χ4n) is 2.06. The Hall–Kier alpha value is 0.01000. The molecule has 1 unspecified atom stereocenters. The predicted molar refractivity (Wildman–Crippen MR) is 81.8 cm³/mol. The van der Waals surface area contributed by atoms with Crippen LogP contribution in [0.2, 0.25) is 0 Å². The van der Waals surface area contributed by atoms with Crippen molar-refractivity contribution >= 4 is 27.7 Å². The van der Waals surface area contributed by atoms with Gasteiger partial charge in [-0.1, -0.05) is 48.7 Å². The fraction of sp³-hybridized carbons (Fsp3) is 0.571. The van der Waals surface area contributed by atoms with Crippen LogP contribution in [0.4, 0.5) is 0 Å². The van der Waals surface area contributed by atoms with Crippen LogP contribution < -0.4 is 5.32 Å². The molecule has 0 radical (unpaired) electrons. The summed E-state index contributed by atoms with van der Waals surface area (Å²) in [7, 11) is 2.07. The van der Waals surface area contributed by atoms with E-state index < -0.39 is 0 Å². The Balaban J connectivity index is 2.52. The van der Waals surface area contributed by atoms with Crippen LogP contribution in [-0.4, -0.2) is 18.8 Å². The molecule has 17 heavy (non-hydrogen) atoms. The second kappa shape index (κ2) is 8.17. The topological polar surface area (TPSA) is 12.0 Å². The van der Waals surface area contributed by atoms with Gasteiger partial charge < -0.3 is 5.32 Å². The standard InChI is InChI=1S/C14H22BrNS/c1-4-11(5-2)14(16-3)10-17-13-8-6-7-12(15)9-13/h6-9,11,14,16H,4-5,10H2,1-3H3. The highest BCUT2D eigenvalue weighted by molar-refractivity contribution is 9.10. The molecule has 0 aliphatic carbocycles. The van der Waals surface area contributed by atoms with Crippen molar-refractivity contribution in [3.63, 3.8) is 0 Å². The maximum absolute atomic E-state index is 3.51. The van der Waals surface area contributed by atoms with E-state index in [4.69, 9.17) is 0 Å². The molecule has 0 saturated heterocycles. The molecule has 0 saturated carbocycles. The first-order valence-electron chi connectivity index (χ1n) is 6.26. The molecule has 1 aromatic carbocycles. The van der Waals surface area contributed by atoms with Crippen molar-refractivity contribution in [1.29, 1.82) is 0 Å². The van der Waals surface area contributed by atoms with E-state index in [2.05, 4.69) is 66.4 Å². The van der Waals surface area contributed by atoms with Gasteiger partial charge in [-0.2, -0.15) is 0 Å². The summed E-state index contributed by atoms with van der Waals surface area (Å²) in [4.78, 5) is 1.34. The molecule has 1 atom stereocenters. The normalized spacial score (nSPS) is 13.0. The van der Waals surface area contributed by atoms with E-state index in [0.717, 1.165) is 16.1 Å². The van der Waals surface area contributed by atoms with Crippen molar-refractivity contribution in [1.82, 2.24) is 5.32 Å². The van der Waals surface area contributed by atoms with Gasteiger partial charge in [0.2, 0.25) is 0 Å². The first-order valence-corrected chi connectivity index (χ1v) is 8.04. The molecule has 0 aliphatic rings. The molecule has 1 rings (SSSR count). The molecule has 0 bridgehead atoms. The van der Waals surface area contributed by atoms with Gasteiger partial charge in [-0.25, -0.2) is 0 Å². The average Bonchev–Trinajstić information content (AvgIpc) is 2.34. The second-order valence-corrected chi connectivity index (χ2v) is 6.25. The largest absolute Gasteiger partial charge is 0.316 e. The van der Waals surface area contributed by atoms with Crippen LogP contribution in [0.3, 0.4) is 0 Å². The van der Waals surface area contributed by atoms with Crippen molar-refractivity contribution in [3.05, 3.63) is 28.7 Å². The van der Waals surface area contributed by atoms with Gasteiger partial charge in [-0.05, 0) is 31.2 Å². The van der Waals surface area contributed by atoms with Crippen molar-refractivity contribution in [2.75, 3.05) is 12.8 Å². The third-order valence-corrected chi connectivity index (χ3v) is 4.82. The zero-order valence-electron chi connectivity index (χ0n) is 10.9. The molecule has 3 heteroatoms. The van der Waals surface area contributed by atoms with E-state index >= 15 is 0 Å². The Bertz CT molecular complexity index is 326. The van der Waals surface area contributed by atoms with Crippen LogP contribution in [0.25, 0.3) is 0 Å². The Morgan fingerprint density at radius 3 is 2.53 bits per heavy atom. The molecule has 96 valence electrons. The lowest BCUT2D eigenvalue weighted by atomic mass is 9.96. The number of halogens is 1. The zero-order valence-corrected chi connectivity index (χ0v) is 13.3. The summed E-state index contributed by atoms with van der Waals surface area (Å²) >= 11 is 5.45. The van der Waals surface area contributed by atoms with Gasteiger partial charge in [0.05, 0.1) is 0 Å². The van der Waals surface area contributed by atoms with Crippen LogP contribution in [0.1, 0.15) is 26.7 Å². The number of benzene rings is 1. The lowest BCUT2D eigenvalue weighted by Crippen LogP contribution is -2.35. The quantitative estimate of drug-likeness (QED) is 0.740. The highest BCUT2D eigenvalue weighted by Gasteiger charge is 2.16. The van der Waals surface area contributed by atoms with Crippen molar-refractivity contribution in [3.8, 4) is 0 Å². The predicted octanol–water partition coefficient (Wildman–Crippen LogP) is 4.57. The summed E-state index contributed by atoms with van der Waals surface area (Å²) in [5.74, 6) is 1.92. The molecular weight excluding hydrogens is 294 g/mol. The van der Waals surface area contributed by atoms with Crippen LogP contribution >= 0.6 is 27.7 Å². The van der Waals surface area contributed by atoms with Crippen molar-refractivity contribution in [2.24, 2.45) is 5.92 Å². The Morgan fingerprint density at radius 1 is 1.29 bits per heavy atom. The summed E-state index contributed by atoms with van der Waals surface area (Å²) in [6, 6.07) is 9.13. The van der Waals surface area contributed by atoms with Crippen LogP contribution in [-0.2, 0) is 0 Å². The summed E-state index contributed by atoms with van der Waals surface area (Å²) in [6.45, 7) is 4.56. The molecule has 1 N–H and O–H groups in total. The SMILES string of the molecule is CCC(CC)C(CSc1cccc(Br)c1)NC. The monoisotopic (exact) mass is 315 g/mol. The van der Waals surface area contributed by atoms with E-state index in [1.807, 2.05) is 11.8 Å². The molecule has 0 spiro atoms. The lowest BCUT2D eigenvalue weighted by Gasteiger charge is -2.24. The third kappa shape index (κ3) is 5.02. The highest BCUT2D eigenvalue weighted by Crippen LogP contribution is 2.25. The maximum Gasteiger partial charge on any atom is 0.0186 e. The smallest absolute Gasteiger partial charge is 0.0186 e. The maximum atomic E-state index is 3.51. The minimum Gasteiger partial charge on any atom is -0.316 e. The first-order chi connectivity index (χ1) is 8.21. The molecule has 1 aromatic rings. The van der Waals surface area contributed by atoms with Crippen molar-refractivity contribution in [2.45, 2.75) is 37.6 Å². The highest BCUT2D eigenvalue weighted by atomic mass is 79.9. The molecule has 0 aromatic heterocycles. The van der Waals surface area contributed by atoms with Crippen LogP contribution in [0, 0.1) is 5.92 Å². The van der Waals surface area contributed by atoms with E-state index in [1.165, 1.54) is 17.7 Å². The summed E-state index contributed by atoms with van der Waals surface area (Å²) < 4.78 is 1.16. The molecule has 0 heterocycles. The molecule has 0 amide bonds. The minimum atomic E-state index is 0.606. The van der Waals surface area contributed by atoms with E-state index in [1.54, 1.807) is 0 Å². The van der Waals surface area contributed by atoms with E-state index in [-0.39, 0.29) is 0 Å². The molecule has 0 aliphatic heterocycles.